The summed E-state index contributed by atoms with van der Waals surface area (Å²) in [4.78, 5) is 23.3. The van der Waals surface area contributed by atoms with E-state index >= 15 is 0 Å². The molecular formula is C24H12Br2F5N3O4. The van der Waals surface area contributed by atoms with Crippen LogP contribution in [0.5, 0.6) is 5.75 Å². The van der Waals surface area contributed by atoms with Gasteiger partial charge in [0.25, 0.3) is 11.6 Å². The molecule has 3 aromatic rings. The maximum absolute atomic E-state index is 14.3. The molecule has 0 aromatic heterocycles. The van der Waals surface area contributed by atoms with Crippen molar-refractivity contribution in [2.24, 2.45) is 5.10 Å². The maximum atomic E-state index is 14.3. The topological polar surface area (TPSA) is 85.0 Å². The number of ether oxygens (including phenoxy) is 1. The molecule has 1 amide bonds. The average Bonchev–Trinajstić information content (AvgIpc) is 3.14. The van der Waals surface area contributed by atoms with Crippen molar-refractivity contribution in [3.8, 4) is 5.75 Å². The number of hydrogen-bond donors (Lipinski definition) is 0. The van der Waals surface area contributed by atoms with Gasteiger partial charge in [0.15, 0.2) is 23.3 Å². The van der Waals surface area contributed by atoms with Crippen LogP contribution in [0.15, 0.2) is 56.0 Å². The van der Waals surface area contributed by atoms with Crippen LogP contribution in [0.3, 0.4) is 0 Å². The van der Waals surface area contributed by atoms with Crippen LogP contribution in [0.25, 0.3) is 6.08 Å². The Kier molecular flexibility index (Phi) is 7.65. The number of non-ortho nitro benzene ring substituents is 1. The van der Waals surface area contributed by atoms with E-state index in [1.807, 2.05) is 0 Å². The maximum Gasteiger partial charge on any atom is 0.280 e. The lowest BCUT2D eigenvalue weighted by molar-refractivity contribution is -0.384. The number of amides is 1. The molecule has 1 aliphatic heterocycles. The lowest BCUT2D eigenvalue weighted by Gasteiger charge is -2.15. The number of carbonyl (C=O) groups excluding carboxylic acids is 1. The Morgan fingerprint density at radius 1 is 1.00 bits per heavy atom. The summed E-state index contributed by atoms with van der Waals surface area (Å²) in [6.45, 7) is 1.30. The van der Waals surface area contributed by atoms with Crippen LogP contribution < -0.4 is 9.75 Å². The highest BCUT2D eigenvalue weighted by molar-refractivity contribution is 9.11. The third-order valence-corrected chi connectivity index (χ3v) is 6.38. The van der Waals surface area contributed by atoms with E-state index < -0.39 is 45.6 Å². The van der Waals surface area contributed by atoms with Gasteiger partial charge in [-0.15, -0.1) is 0 Å². The molecule has 196 valence electrons. The fraction of sp³-hybridized carbons (Fsp3) is 0.0833. The molecule has 38 heavy (non-hydrogen) atoms. The molecule has 0 atom stereocenters. The van der Waals surface area contributed by atoms with E-state index in [1.54, 1.807) is 12.1 Å². The van der Waals surface area contributed by atoms with Crippen LogP contribution in [-0.4, -0.2) is 16.5 Å². The predicted molar refractivity (Wildman–Crippen MR) is 134 cm³/mol. The molecule has 1 heterocycles. The Bertz CT molecular complexity index is 1530. The number of hydrazone groups is 1. The van der Waals surface area contributed by atoms with Crippen LogP contribution in [0.4, 0.5) is 33.3 Å². The first kappa shape index (κ1) is 27.4. The minimum atomic E-state index is -2.36. The first-order chi connectivity index (χ1) is 17.9. The highest BCUT2D eigenvalue weighted by atomic mass is 79.9. The predicted octanol–water partition coefficient (Wildman–Crippen LogP) is 7.20. The number of rotatable bonds is 6. The van der Waals surface area contributed by atoms with Gasteiger partial charge in [-0.1, -0.05) is 15.9 Å². The van der Waals surface area contributed by atoms with Crippen LogP contribution in [0.2, 0.25) is 0 Å². The van der Waals surface area contributed by atoms with Crippen molar-refractivity contribution in [1.29, 1.82) is 0 Å². The summed E-state index contributed by atoms with van der Waals surface area (Å²) < 4.78 is 76.5. The van der Waals surface area contributed by atoms with Gasteiger partial charge in [-0.3, -0.25) is 14.9 Å². The Morgan fingerprint density at radius 3 is 2.16 bits per heavy atom. The van der Waals surface area contributed by atoms with Crippen molar-refractivity contribution in [2.75, 3.05) is 5.01 Å². The minimum absolute atomic E-state index is 0.0217. The second kappa shape index (κ2) is 10.6. The van der Waals surface area contributed by atoms with Crippen LogP contribution >= 0.6 is 31.9 Å². The Hall–Kier alpha value is -3.65. The zero-order chi connectivity index (χ0) is 27.9. The van der Waals surface area contributed by atoms with Gasteiger partial charge in [0.1, 0.15) is 18.0 Å². The average molecular weight is 661 g/mol. The molecule has 3 aromatic carbocycles. The zero-order valence-corrected chi connectivity index (χ0v) is 22.0. The first-order valence-electron chi connectivity index (χ1n) is 10.4. The second-order valence-electron chi connectivity index (χ2n) is 7.80. The summed E-state index contributed by atoms with van der Waals surface area (Å²) in [5.41, 5.74) is -0.965. The van der Waals surface area contributed by atoms with Crippen molar-refractivity contribution in [3.63, 3.8) is 0 Å². The van der Waals surface area contributed by atoms with E-state index in [1.165, 1.54) is 37.3 Å². The molecule has 0 bridgehead atoms. The minimum Gasteiger partial charge on any atom is -0.487 e. The van der Waals surface area contributed by atoms with Crippen molar-refractivity contribution in [3.05, 3.63) is 101 Å². The van der Waals surface area contributed by atoms with Crippen molar-refractivity contribution in [1.82, 2.24) is 0 Å². The van der Waals surface area contributed by atoms with Crippen molar-refractivity contribution >= 4 is 60.9 Å². The number of benzene rings is 3. The Balaban J connectivity index is 1.70. The fourth-order valence-electron chi connectivity index (χ4n) is 3.48. The second-order valence-corrected chi connectivity index (χ2v) is 9.57. The number of carbonyl (C=O) groups is 1. The zero-order valence-electron chi connectivity index (χ0n) is 18.9. The molecule has 0 aliphatic carbocycles. The largest absolute Gasteiger partial charge is 0.487 e. The van der Waals surface area contributed by atoms with E-state index in [0.717, 1.165) is 0 Å². The number of nitro benzene ring substituents is 1. The normalized spacial score (nSPS) is 14.3. The number of hydrogen-bond acceptors (Lipinski definition) is 5. The number of anilines is 1. The van der Waals surface area contributed by atoms with Gasteiger partial charge < -0.3 is 4.74 Å². The van der Waals surface area contributed by atoms with Gasteiger partial charge in [0.2, 0.25) is 5.82 Å². The molecule has 4 rings (SSSR count). The standard InChI is InChI=1S/C24H12Br2F5N3O4/c1-10-15(24(35)33(32-10)22-20(30)18(28)17(27)19(29)21(22)31)7-12-6-13(25)8-16(26)23(12)38-9-11-2-4-14(5-3-11)34(36)37/h2-8H,9H2,1H3/b15-7-. The van der Waals surface area contributed by atoms with Gasteiger partial charge >= 0.3 is 0 Å². The van der Waals surface area contributed by atoms with E-state index in [2.05, 4.69) is 37.0 Å². The molecule has 0 fully saturated rings. The molecule has 0 radical (unpaired) electrons. The van der Waals surface area contributed by atoms with Gasteiger partial charge in [-0.25, -0.2) is 22.0 Å². The summed E-state index contributed by atoms with van der Waals surface area (Å²) in [7, 11) is 0. The van der Waals surface area contributed by atoms with E-state index in [-0.39, 0.29) is 34.3 Å². The number of nitro groups is 1. The molecule has 1 aliphatic rings. The Labute approximate surface area is 227 Å². The van der Waals surface area contributed by atoms with Gasteiger partial charge in [-0.05, 0) is 58.8 Å². The highest BCUT2D eigenvalue weighted by Gasteiger charge is 2.37. The molecule has 0 saturated carbocycles. The highest BCUT2D eigenvalue weighted by Crippen LogP contribution is 2.38. The van der Waals surface area contributed by atoms with Crippen LogP contribution in [0.1, 0.15) is 18.1 Å². The summed E-state index contributed by atoms with van der Waals surface area (Å²) in [5.74, 6) is -12.1. The third kappa shape index (κ3) is 5.05. The van der Waals surface area contributed by atoms with Crippen molar-refractivity contribution in [2.45, 2.75) is 13.5 Å². The fourth-order valence-corrected chi connectivity index (χ4v) is 4.85. The lowest BCUT2D eigenvalue weighted by atomic mass is 10.1. The lowest BCUT2D eigenvalue weighted by Crippen LogP contribution is -2.25. The number of halogens is 7. The third-order valence-electron chi connectivity index (χ3n) is 5.33. The van der Waals surface area contributed by atoms with Gasteiger partial charge in [0.05, 0.1) is 20.7 Å². The summed E-state index contributed by atoms with van der Waals surface area (Å²) in [6.07, 6.45) is 1.29. The van der Waals surface area contributed by atoms with Gasteiger partial charge in [0, 0.05) is 22.2 Å². The van der Waals surface area contributed by atoms with E-state index in [4.69, 9.17) is 4.74 Å². The molecule has 0 N–H and O–H groups in total. The molecule has 14 heteroatoms. The SMILES string of the molecule is CC1=NN(c2c(F)c(F)c(F)c(F)c2F)C(=O)/C1=C\c1cc(Br)cc(Br)c1OCc1ccc([N+](=O)[O-])cc1. The van der Waals surface area contributed by atoms with E-state index in [9.17, 15) is 36.9 Å². The van der Waals surface area contributed by atoms with E-state index in [0.29, 0.717) is 20.1 Å². The summed E-state index contributed by atoms with van der Waals surface area (Å²) in [6, 6.07) is 8.83. The smallest absolute Gasteiger partial charge is 0.280 e. The number of nitrogens with zero attached hydrogens (tertiary/aromatic N) is 3. The van der Waals surface area contributed by atoms with Crippen LogP contribution in [0, 0.1) is 39.2 Å². The van der Waals surface area contributed by atoms with Gasteiger partial charge in [-0.2, -0.15) is 10.1 Å². The first-order valence-corrected chi connectivity index (χ1v) is 12.0. The molecule has 0 spiro atoms. The Morgan fingerprint density at radius 2 is 1.58 bits per heavy atom. The molecular weight excluding hydrogens is 649 g/mol. The molecule has 0 saturated heterocycles. The summed E-state index contributed by atoms with van der Waals surface area (Å²) >= 11 is 6.67. The summed E-state index contributed by atoms with van der Waals surface area (Å²) in [5, 5.41) is 14.7. The quantitative estimate of drug-likeness (QED) is 0.0699. The monoisotopic (exact) mass is 659 g/mol. The van der Waals surface area contributed by atoms with Crippen LogP contribution in [-0.2, 0) is 11.4 Å². The van der Waals surface area contributed by atoms with Crippen molar-refractivity contribution < 1.29 is 36.4 Å². The molecule has 0 unspecified atom stereocenters. The molecule has 7 nitrogen and oxygen atoms in total.